The van der Waals surface area contributed by atoms with Crippen LogP contribution >= 0.6 is 11.3 Å². The van der Waals surface area contributed by atoms with Gasteiger partial charge in [-0.3, -0.25) is 4.90 Å². The van der Waals surface area contributed by atoms with Crippen LogP contribution < -0.4 is 4.74 Å². The molecule has 2 aromatic carbocycles. The molecule has 38 heavy (non-hydrogen) atoms. The van der Waals surface area contributed by atoms with Crippen LogP contribution in [0.4, 0.5) is 0 Å². The quantitative estimate of drug-likeness (QED) is 0.207. The number of hydrogen-bond acceptors (Lipinski definition) is 7. The predicted molar refractivity (Wildman–Crippen MR) is 149 cm³/mol. The average Bonchev–Trinajstić information content (AvgIpc) is 3.69. The maximum Gasteiger partial charge on any atom is 0.174 e. The fourth-order valence-electron chi connectivity index (χ4n) is 4.53. The van der Waals surface area contributed by atoms with Crippen LogP contribution in [0.2, 0.25) is 0 Å². The Hall–Kier alpha value is -3.75. The molecule has 0 aliphatic rings. The Kier molecular flexibility index (Phi) is 7.72. The summed E-state index contributed by atoms with van der Waals surface area (Å²) in [5.74, 6) is 2.51. The molecule has 0 saturated heterocycles. The molecule has 7 nitrogen and oxygen atoms in total. The monoisotopic (exact) mass is 527 g/mol. The molecule has 0 aliphatic carbocycles. The van der Waals surface area contributed by atoms with E-state index in [1.54, 1.807) is 24.7 Å². The molecule has 0 fully saturated rings. The van der Waals surface area contributed by atoms with Gasteiger partial charge in [-0.1, -0.05) is 63.2 Å². The van der Waals surface area contributed by atoms with E-state index in [0.717, 1.165) is 22.9 Å². The summed E-state index contributed by atoms with van der Waals surface area (Å²) in [5.41, 5.74) is 3.74. The van der Waals surface area contributed by atoms with Gasteiger partial charge in [0, 0.05) is 11.4 Å². The lowest BCUT2D eigenvalue weighted by molar-refractivity contribution is 0.182. The Morgan fingerprint density at radius 2 is 1.71 bits per heavy atom. The highest BCUT2D eigenvalue weighted by molar-refractivity contribution is 7.10. The van der Waals surface area contributed by atoms with Gasteiger partial charge in [-0.25, -0.2) is 4.68 Å². The van der Waals surface area contributed by atoms with Gasteiger partial charge in [0.05, 0.1) is 26.5 Å². The number of nitrogens with zero attached hydrogens (tertiary/aromatic N) is 5. The van der Waals surface area contributed by atoms with E-state index in [-0.39, 0.29) is 11.5 Å². The maximum atomic E-state index is 5.79. The first-order valence-electron chi connectivity index (χ1n) is 12.7. The van der Waals surface area contributed by atoms with Crippen molar-refractivity contribution in [1.82, 2.24) is 25.1 Å². The van der Waals surface area contributed by atoms with Crippen molar-refractivity contribution in [2.45, 2.75) is 51.9 Å². The van der Waals surface area contributed by atoms with Crippen molar-refractivity contribution in [2.75, 3.05) is 7.11 Å². The number of ether oxygens (including phenoxy) is 1. The minimum Gasteiger partial charge on any atom is -0.497 e. The van der Waals surface area contributed by atoms with Gasteiger partial charge in [-0.15, -0.1) is 16.4 Å². The summed E-state index contributed by atoms with van der Waals surface area (Å²) in [6, 6.07) is 24.9. The molecule has 0 saturated carbocycles. The molecular weight excluding hydrogens is 494 g/mol. The molecule has 5 aromatic rings. The Labute approximate surface area is 227 Å². The van der Waals surface area contributed by atoms with Gasteiger partial charge >= 0.3 is 0 Å². The van der Waals surface area contributed by atoms with E-state index in [2.05, 4.69) is 83.0 Å². The van der Waals surface area contributed by atoms with Crippen molar-refractivity contribution in [3.63, 3.8) is 0 Å². The van der Waals surface area contributed by atoms with E-state index in [1.165, 1.54) is 16.0 Å². The van der Waals surface area contributed by atoms with Crippen molar-refractivity contribution in [3.05, 3.63) is 118 Å². The zero-order valence-electron chi connectivity index (χ0n) is 22.2. The third-order valence-corrected chi connectivity index (χ3v) is 7.54. The van der Waals surface area contributed by atoms with Gasteiger partial charge in [0.1, 0.15) is 17.6 Å². The molecule has 196 valence electrons. The third-order valence-electron chi connectivity index (χ3n) is 6.62. The van der Waals surface area contributed by atoms with Gasteiger partial charge in [0.15, 0.2) is 5.82 Å². The van der Waals surface area contributed by atoms with Crippen molar-refractivity contribution in [2.24, 2.45) is 0 Å². The highest BCUT2D eigenvalue weighted by Crippen LogP contribution is 2.34. The van der Waals surface area contributed by atoms with Gasteiger partial charge < -0.3 is 9.15 Å². The van der Waals surface area contributed by atoms with Crippen LogP contribution in [0.5, 0.6) is 5.75 Å². The first kappa shape index (κ1) is 25.9. The summed E-state index contributed by atoms with van der Waals surface area (Å²) in [4.78, 5) is 3.56. The molecular formula is C30H33N5O2S. The van der Waals surface area contributed by atoms with Crippen molar-refractivity contribution in [3.8, 4) is 5.75 Å². The number of methoxy groups -OCH3 is 1. The van der Waals surface area contributed by atoms with E-state index >= 15 is 0 Å². The standard InChI is InChI=1S/C30H33N5O2S/c1-30(2,3)24-13-9-22(10-14-24)19-34(21-26-7-5-17-37-26)28(27-8-6-18-38-27)29-31-32-33-35(29)20-23-11-15-25(36-4)16-12-23/h5-18,28H,19-21H2,1-4H3/t28-/m1/s1. The van der Waals surface area contributed by atoms with Crippen molar-refractivity contribution in [1.29, 1.82) is 0 Å². The highest BCUT2D eigenvalue weighted by Gasteiger charge is 2.30. The molecule has 0 amide bonds. The minimum atomic E-state index is -0.157. The van der Waals surface area contributed by atoms with E-state index in [1.807, 2.05) is 41.1 Å². The largest absolute Gasteiger partial charge is 0.497 e. The zero-order valence-corrected chi connectivity index (χ0v) is 23.1. The minimum absolute atomic E-state index is 0.107. The summed E-state index contributed by atoms with van der Waals surface area (Å²) < 4.78 is 13.0. The Morgan fingerprint density at radius 1 is 0.947 bits per heavy atom. The summed E-state index contributed by atoms with van der Waals surface area (Å²) >= 11 is 1.71. The van der Waals surface area contributed by atoms with Gasteiger partial charge in [0.2, 0.25) is 0 Å². The summed E-state index contributed by atoms with van der Waals surface area (Å²) in [7, 11) is 1.67. The average molecular weight is 528 g/mol. The number of aromatic nitrogens is 4. The van der Waals surface area contributed by atoms with Crippen LogP contribution in [0.15, 0.2) is 88.9 Å². The fraction of sp³-hybridized carbons (Fsp3) is 0.300. The van der Waals surface area contributed by atoms with Gasteiger partial charge in [0.25, 0.3) is 0 Å². The van der Waals surface area contributed by atoms with E-state index in [4.69, 9.17) is 9.15 Å². The smallest absolute Gasteiger partial charge is 0.174 e. The third kappa shape index (κ3) is 6.03. The van der Waals surface area contributed by atoms with Crippen LogP contribution in [0.1, 0.15) is 60.0 Å². The van der Waals surface area contributed by atoms with Crippen molar-refractivity contribution < 1.29 is 9.15 Å². The number of furan rings is 1. The molecule has 1 atom stereocenters. The molecule has 3 aromatic heterocycles. The molecule has 0 spiro atoms. The first-order chi connectivity index (χ1) is 18.4. The molecule has 0 N–H and O–H groups in total. The fourth-order valence-corrected chi connectivity index (χ4v) is 5.38. The second-order valence-electron chi connectivity index (χ2n) is 10.4. The molecule has 0 radical (unpaired) electrons. The lowest BCUT2D eigenvalue weighted by Gasteiger charge is -2.30. The maximum absolute atomic E-state index is 5.79. The molecule has 5 rings (SSSR count). The zero-order chi connectivity index (χ0) is 26.5. The lowest BCUT2D eigenvalue weighted by Crippen LogP contribution is -2.31. The SMILES string of the molecule is COc1ccc(Cn2nnnc2[C@@H](c2cccs2)N(Cc2ccc(C(C)(C)C)cc2)Cc2ccco2)cc1. The van der Waals surface area contributed by atoms with Crippen LogP contribution in [0.25, 0.3) is 0 Å². The number of thiophene rings is 1. The number of rotatable bonds is 10. The van der Waals surface area contributed by atoms with Gasteiger partial charge in [-0.2, -0.15) is 0 Å². The summed E-state index contributed by atoms with van der Waals surface area (Å²) in [6.45, 7) is 8.60. The molecule has 8 heteroatoms. The Morgan fingerprint density at radius 3 is 2.34 bits per heavy atom. The van der Waals surface area contributed by atoms with E-state index in [0.29, 0.717) is 19.6 Å². The van der Waals surface area contributed by atoms with Crippen LogP contribution in [-0.2, 0) is 25.0 Å². The van der Waals surface area contributed by atoms with Crippen molar-refractivity contribution >= 4 is 11.3 Å². The van der Waals surface area contributed by atoms with Crippen LogP contribution in [0, 0.1) is 0 Å². The van der Waals surface area contributed by atoms with Crippen LogP contribution in [-0.4, -0.2) is 32.2 Å². The van der Waals surface area contributed by atoms with E-state index in [9.17, 15) is 0 Å². The normalized spacial score (nSPS) is 12.7. The first-order valence-corrected chi connectivity index (χ1v) is 13.6. The van der Waals surface area contributed by atoms with Gasteiger partial charge in [-0.05, 0) is 68.2 Å². The lowest BCUT2D eigenvalue weighted by atomic mass is 9.86. The van der Waals surface area contributed by atoms with Crippen LogP contribution in [0.3, 0.4) is 0 Å². The number of benzene rings is 2. The highest BCUT2D eigenvalue weighted by atomic mass is 32.1. The summed E-state index contributed by atoms with van der Waals surface area (Å²) in [6.07, 6.45) is 1.72. The molecule has 3 heterocycles. The second kappa shape index (κ2) is 11.3. The Balaban J connectivity index is 1.51. The summed E-state index contributed by atoms with van der Waals surface area (Å²) in [5, 5.41) is 15.1. The number of hydrogen-bond donors (Lipinski definition) is 0. The predicted octanol–water partition coefficient (Wildman–Crippen LogP) is 6.47. The molecule has 0 bridgehead atoms. The number of tetrazole rings is 1. The molecule has 0 unspecified atom stereocenters. The Bertz CT molecular complexity index is 1400. The second-order valence-corrected chi connectivity index (χ2v) is 11.4. The topological polar surface area (TPSA) is 69.2 Å². The molecule has 0 aliphatic heterocycles. The van der Waals surface area contributed by atoms with E-state index < -0.39 is 0 Å².